The molecule has 1 saturated carbocycles. The smallest absolute Gasteiger partial charge is 0.274 e. The number of benzene rings is 1. The number of pyridine rings is 1. The molecule has 1 aromatic heterocycles. The van der Waals surface area contributed by atoms with Crippen LogP contribution in [-0.4, -0.2) is 16.9 Å². The molecule has 0 bridgehead atoms. The van der Waals surface area contributed by atoms with E-state index in [0.717, 1.165) is 21.4 Å². The number of aromatic nitrogens is 1. The third-order valence-corrected chi connectivity index (χ3v) is 4.25. The Hall–Kier alpha value is -1.88. The van der Waals surface area contributed by atoms with Gasteiger partial charge in [-0.05, 0) is 55.7 Å². The van der Waals surface area contributed by atoms with Crippen molar-refractivity contribution >= 4 is 33.2 Å². The molecule has 1 fully saturated rings. The van der Waals surface area contributed by atoms with Crippen LogP contribution in [0.4, 0.5) is 11.4 Å². The first kappa shape index (κ1) is 14.1. The lowest BCUT2D eigenvalue weighted by Gasteiger charge is -2.08. The van der Waals surface area contributed by atoms with Crippen LogP contribution in [0, 0.1) is 6.92 Å². The molecule has 0 saturated heterocycles. The minimum atomic E-state index is -0.198. The highest BCUT2D eigenvalue weighted by Gasteiger charge is 2.21. The van der Waals surface area contributed by atoms with Crippen LogP contribution in [0.15, 0.2) is 41.0 Å². The van der Waals surface area contributed by atoms with Gasteiger partial charge in [-0.3, -0.25) is 9.78 Å². The predicted molar refractivity (Wildman–Crippen MR) is 87.7 cm³/mol. The first-order valence-corrected chi connectivity index (χ1v) is 7.71. The second-order valence-electron chi connectivity index (χ2n) is 5.27. The molecule has 108 valence electrons. The van der Waals surface area contributed by atoms with Crippen molar-refractivity contribution in [2.75, 3.05) is 10.6 Å². The van der Waals surface area contributed by atoms with Gasteiger partial charge in [0.05, 0.1) is 0 Å². The number of anilines is 2. The van der Waals surface area contributed by atoms with Crippen molar-refractivity contribution in [1.82, 2.24) is 4.98 Å². The molecule has 2 N–H and O–H groups in total. The van der Waals surface area contributed by atoms with E-state index in [1.54, 1.807) is 12.3 Å². The number of aryl methyl sites for hydroxylation is 1. The predicted octanol–water partition coefficient (Wildman–Crippen LogP) is 3.98. The van der Waals surface area contributed by atoms with Crippen molar-refractivity contribution < 1.29 is 4.79 Å². The molecule has 21 heavy (non-hydrogen) atoms. The van der Waals surface area contributed by atoms with Gasteiger partial charge in [0.25, 0.3) is 5.91 Å². The van der Waals surface area contributed by atoms with E-state index in [2.05, 4.69) is 31.5 Å². The zero-order chi connectivity index (χ0) is 14.8. The summed E-state index contributed by atoms with van der Waals surface area (Å²) in [6.07, 6.45) is 4.05. The van der Waals surface area contributed by atoms with E-state index in [9.17, 15) is 4.79 Å². The maximum Gasteiger partial charge on any atom is 0.274 e. The van der Waals surface area contributed by atoms with Crippen molar-refractivity contribution in [3.63, 3.8) is 0 Å². The normalized spacial score (nSPS) is 13.8. The molecular weight excluding hydrogens is 330 g/mol. The first-order valence-electron chi connectivity index (χ1n) is 6.92. The molecule has 1 heterocycles. The molecular formula is C16H16BrN3O. The summed E-state index contributed by atoms with van der Waals surface area (Å²) < 4.78 is 1.02. The van der Waals surface area contributed by atoms with Crippen LogP contribution in [0.1, 0.15) is 28.9 Å². The molecule has 1 aromatic carbocycles. The average molecular weight is 346 g/mol. The van der Waals surface area contributed by atoms with Crippen LogP contribution < -0.4 is 10.6 Å². The van der Waals surface area contributed by atoms with Crippen molar-refractivity contribution in [3.05, 3.63) is 52.3 Å². The quantitative estimate of drug-likeness (QED) is 0.881. The fourth-order valence-electron chi connectivity index (χ4n) is 2.03. The second-order valence-corrected chi connectivity index (χ2v) is 6.12. The fraction of sp³-hybridized carbons (Fsp3) is 0.250. The van der Waals surface area contributed by atoms with Gasteiger partial charge in [-0.1, -0.05) is 15.9 Å². The number of nitrogens with one attached hydrogen (secondary N) is 2. The van der Waals surface area contributed by atoms with E-state index in [4.69, 9.17) is 0 Å². The zero-order valence-electron chi connectivity index (χ0n) is 11.7. The molecule has 3 rings (SSSR count). The standard InChI is InChI=1S/C16H16BrN3O/c1-10-8-12(4-5-14(10)17)20-16(21)15-9-13(6-7-18-15)19-11-2-3-11/h4-9,11H,2-3H2,1H3,(H,18,19)(H,20,21). The number of rotatable bonds is 4. The van der Waals surface area contributed by atoms with Gasteiger partial charge in [0, 0.05) is 28.1 Å². The Bertz CT molecular complexity index is 683. The monoisotopic (exact) mass is 345 g/mol. The third kappa shape index (κ3) is 3.61. The van der Waals surface area contributed by atoms with Gasteiger partial charge in [-0.15, -0.1) is 0 Å². The lowest BCUT2D eigenvalue weighted by atomic mass is 10.2. The molecule has 1 aliphatic carbocycles. The van der Waals surface area contributed by atoms with Crippen molar-refractivity contribution in [2.45, 2.75) is 25.8 Å². The summed E-state index contributed by atoms with van der Waals surface area (Å²) in [6, 6.07) is 9.94. The lowest BCUT2D eigenvalue weighted by molar-refractivity contribution is 0.102. The summed E-state index contributed by atoms with van der Waals surface area (Å²) in [4.78, 5) is 16.4. The Morgan fingerprint density at radius 3 is 2.76 bits per heavy atom. The van der Waals surface area contributed by atoms with E-state index in [-0.39, 0.29) is 5.91 Å². The SMILES string of the molecule is Cc1cc(NC(=O)c2cc(NC3CC3)ccn2)ccc1Br. The summed E-state index contributed by atoms with van der Waals surface area (Å²) in [7, 11) is 0. The summed E-state index contributed by atoms with van der Waals surface area (Å²) >= 11 is 3.45. The third-order valence-electron chi connectivity index (χ3n) is 3.36. The lowest BCUT2D eigenvalue weighted by Crippen LogP contribution is -2.14. The van der Waals surface area contributed by atoms with Gasteiger partial charge < -0.3 is 10.6 Å². The fourth-order valence-corrected chi connectivity index (χ4v) is 2.27. The minimum Gasteiger partial charge on any atom is -0.382 e. The molecule has 0 radical (unpaired) electrons. The Morgan fingerprint density at radius 2 is 2.05 bits per heavy atom. The maximum atomic E-state index is 12.3. The number of nitrogens with zero attached hydrogens (tertiary/aromatic N) is 1. The molecule has 1 aliphatic rings. The number of amides is 1. The number of carbonyl (C=O) groups excluding carboxylic acids is 1. The molecule has 0 spiro atoms. The van der Waals surface area contributed by atoms with Crippen LogP contribution in [0.2, 0.25) is 0 Å². The highest BCUT2D eigenvalue weighted by atomic mass is 79.9. The van der Waals surface area contributed by atoms with Gasteiger partial charge in [0.1, 0.15) is 5.69 Å². The van der Waals surface area contributed by atoms with Gasteiger partial charge in [-0.2, -0.15) is 0 Å². The molecule has 1 amide bonds. The molecule has 2 aromatic rings. The van der Waals surface area contributed by atoms with Crippen LogP contribution in [0.25, 0.3) is 0 Å². The van der Waals surface area contributed by atoms with Gasteiger partial charge in [-0.25, -0.2) is 0 Å². The highest BCUT2D eigenvalue weighted by molar-refractivity contribution is 9.10. The van der Waals surface area contributed by atoms with Crippen molar-refractivity contribution in [2.24, 2.45) is 0 Å². The van der Waals surface area contributed by atoms with E-state index in [0.29, 0.717) is 11.7 Å². The maximum absolute atomic E-state index is 12.3. The first-order chi connectivity index (χ1) is 10.1. The van der Waals surface area contributed by atoms with E-state index in [1.807, 2.05) is 31.2 Å². The minimum absolute atomic E-state index is 0.198. The number of hydrogen-bond donors (Lipinski definition) is 2. The molecule has 0 aliphatic heterocycles. The molecule has 4 nitrogen and oxygen atoms in total. The van der Waals surface area contributed by atoms with Crippen LogP contribution in [-0.2, 0) is 0 Å². The zero-order valence-corrected chi connectivity index (χ0v) is 13.3. The van der Waals surface area contributed by atoms with E-state index in [1.165, 1.54) is 12.8 Å². The number of hydrogen-bond acceptors (Lipinski definition) is 3. The van der Waals surface area contributed by atoms with Crippen molar-refractivity contribution in [1.29, 1.82) is 0 Å². The summed E-state index contributed by atoms with van der Waals surface area (Å²) in [5.74, 6) is -0.198. The Kier molecular flexibility index (Phi) is 3.92. The average Bonchev–Trinajstić information content (AvgIpc) is 3.27. The van der Waals surface area contributed by atoms with E-state index < -0.39 is 0 Å². The topological polar surface area (TPSA) is 54.0 Å². The van der Waals surface area contributed by atoms with Crippen LogP contribution >= 0.6 is 15.9 Å². The molecule has 0 unspecified atom stereocenters. The Balaban J connectivity index is 1.73. The molecule has 0 atom stereocenters. The van der Waals surface area contributed by atoms with Gasteiger partial charge >= 0.3 is 0 Å². The van der Waals surface area contributed by atoms with Crippen LogP contribution in [0.3, 0.4) is 0 Å². The second kappa shape index (κ2) is 5.85. The highest BCUT2D eigenvalue weighted by Crippen LogP contribution is 2.25. The van der Waals surface area contributed by atoms with Crippen molar-refractivity contribution in [3.8, 4) is 0 Å². The van der Waals surface area contributed by atoms with E-state index >= 15 is 0 Å². The number of halogens is 1. The summed E-state index contributed by atoms with van der Waals surface area (Å²) in [5.41, 5.74) is 3.21. The largest absolute Gasteiger partial charge is 0.382 e. The summed E-state index contributed by atoms with van der Waals surface area (Å²) in [5, 5.41) is 6.24. The molecule has 5 heteroatoms. The Morgan fingerprint density at radius 1 is 1.24 bits per heavy atom. The van der Waals surface area contributed by atoms with Gasteiger partial charge in [0.15, 0.2) is 0 Å². The van der Waals surface area contributed by atoms with Crippen LogP contribution in [0.5, 0.6) is 0 Å². The Labute approximate surface area is 132 Å². The number of carbonyl (C=O) groups is 1. The van der Waals surface area contributed by atoms with Gasteiger partial charge in [0.2, 0.25) is 0 Å². The summed E-state index contributed by atoms with van der Waals surface area (Å²) in [6.45, 7) is 1.98.